The third-order valence-electron chi connectivity index (χ3n) is 4.89. The summed E-state index contributed by atoms with van der Waals surface area (Å²) in [6, 6.07) is 35.7. The van der Waals surface area contributed by atoms with Crippen molar-refractivity contribution in [2.75, 3.05) is 5.32 Å². The lowest BCUT2D eigenvalue weighted by atomic mass is 10.0. The van der Waals surface area contributed by atoms with E-state index in [1.807, 2.05) is 66.7 Å². The molecule has 0 aromatic heterocycles. The Bertz CT molecular complexity index is 1200. The van der Waals surface area contributed by atoms with Gasteiger partial charge in [0.25, 0.3) is 0 Å². The summed E-state index contributed by atoms with van der Waals surface area (Å²) in [5.74, 6) is -0.467. The third kappa shape index (κ3) is 5.03. The van der Waals surface area contributed by atoms with Crippen molar-refractivity contribution in [2.24, 2.45) is 0 Å². The van der Waals surface area contributed by atoms with Crippen molar-refractivity contribution in [3.8, 4) is 11.1 Å². The highest BCUT2D eigenvalue weighted by molar-refractivity contribution is 6.16. The van der Waals surface area contributed by atoms with E-state index in [-0.39, 0.29) is 17.3 Å². The van der Waals surface area contributed by atoms with E-state index in [1.165, 1.54) is 6.08 Å². The Morgan fingerprint density at radius 3 is 1.61 bits per heavy atom. The summed E-state index contributed by atoms with van der Waals surface area (Å²) in [6.45, 7) is 0. The minimum atomic E-state index is -0.239. The van der Waals surface area contributed by atoms with E-state index in [0.29, 0.717) is 11.1 Å². The Balaban J connectivity index is 1.63. The molecule has 0 saturated carbocycles. The van der Waals surface area contributed by atoms with Crippen LogP contribution in [-0.4, -0.2) is 11.6 Å². The van der Waals surface area contributed by atoms with E-state index in [9.17, 15) is 9.59 Å². The summed E-state index contributed by atoms with van der Waals surface area (Å²) in [5, 5.41) is 3.15. The summed E-state index contributed by atoms with van der Waals surface area (Å²) in [6.07, 6.45) is 1.37. The van der Waals surface area contributed by atoms with Gasteiger partial charge >= 0.3 is 0 Å². The standard InChI is InChI=1S/C28H21NO2/c30-27(23-12-6-2-7-13-23)20-26(28(31)24-14-8-3-9-15-24)29-25-18-16-22(17-19-25)21-10-4-1-5-11-21/h1-20,29H. The van der Waals surface area contributed by atoms with Crippen LogP contribution in [0.25, 0.3) is 11.1 Å². The average molecular weight is 403 g/mol. The number of ketones is 2. The highest BCUT2D eigenvalue weighted by Gasteiger charge is 2.15. The largest absolute Gasteiger partial charge is 0.352 e. The number of carbonyl (C=O) groups is 2. The van der Waals surface area contributed by atoms with E-state index in [2.05, 4.69) is 5.32 Å². The first kappa shape index (κ1) is 20.0. The molecule has 3 nitrogen and oxygen atoms in total. The second-order valence-electron chi connectivity index (χ2n) is 7.05. The zero-order valence-electron chi connectivity index (χ0n) is 16.9. The van der Waals surface area contributed by atoms with Gasteiger partial charge in [-0.1, -0.05) is 103 Å². The molecule has 4 rings (SSSR count). The molecule has 0 spiro atoms. The highest BCUT2D eigenvalue weighted by Crippen LogP contribution is 2.22. The van der Waals surface area contributed by atoms with Crippen molar-refractivity contribution in [1.29, 1.82) is 0 Å². The molecule has 4 aromatic carbocycles. The Kier molecular flexibility index (Phi) is 6.15. The van der Waals surface area contributed by atoms with Crippen LogP contribution in [0.15, 0.2) is 127 Å². The number of allylic oxidation sites excluding steroid dienone is 2. The highest BCUT2D eigenvalue weighted by atomic mass is 16.1. The Labute approximate surface area is 181 Å². The first-order valence-corrected chi connectivity index (χ1v) is 10.0. The van der Waals surface area contributed by atoms with Crippen LogP contribution in [0.4, 0.5) is 5.69 Å². The van der Waals surface area contributed by atoms with Gasteiger partial charge < -0.3 is 5.32 Å². The Hall–Kier alpha value is -4.24. The van der Waals surface area contributed by atoms with Crippen molar-refractivity contribution in [3.63, 3.8) is 0 Å². The van der Waals surface area contributed by atoms with E-state index in [1.54, 1.807) is 48.5 Å². The summed E-state index contributed by atoms with van der Waals surface area (Å²) in [7, 11) is 0. The third-order valence-corrected chi connectivity index (χ3v) is 4.89. The van der Waals surface area contributed by atoms with Gasteiger partial charge in [0.05, 0.1) is 5.70 Å². The maximum Gasteiger partial charge on any atom is 0.209 e. The lowest BCUT2D eigenvalue weighted by molar-refractivity contribution is 0.101. The molecule has 0 heterocycles. The summed E-state index contributed by atoms with van der Waals surface area (Å²) in [4.78, 5) is 25.9. The molecule has 0 aliphatic rings. The fourth-order valence-corrected chi connectivity index (χ4v) is 3.25. The van der Waals surface area contributed by atoms with Crippen LogP contribution >= 0.6 is 0 Å². The molecule has 3 heteroatoms. The smallest absolute Gasteiger partial charge is 0.209 e. The van der Waals surface area contributed by atoms with Gasteiger partial charge in [-0.2, -0.15) is 0 Å². The number of benzene rings is 4. The molecule has 150 valence electrons. The van der Waals surface area contributed by atoms with E-state index >= 15 is 0 Å². The van der Waals surface area contributed by atoms with Crippen molar-refractivity contribution in [1.82, 2.24) is 0 Å². The summed E-state index contributed by atoms with van der Waals surface area (Å²) < 4.78 is 0. The first-order chi connectivity index (χ1) is 15.2. The number of anilines is 1. The number of rotatable bonds is 7. The minimum Gasteiger partial charge on any atom is -0.352 e. The van der Waals surface area contributed by atoms with Gasteiger partial charge in [-0.25, -0.2) is 0 Å². The molecule has 1 N–H and O–H groups in total. The molecular weight excluding hydrogens is 382 g/mol. The molecule has 0 unspecified atom stereocenters. The van der Waals surface area contributed by atoms with Gasteiger partial charge in [-0.3, -0.25) is 9.59 Å². The molecule has 0 saturated heterocycles. The van der Waals surface area contributed by atoms with Crippen molar-refractivity contribution in [3.05, 3.63) is 138 Å². The quantitative estimate of drug-likeness (QED) is 0.286. The summed E-state index contributed by atoms with van der Waals surface area (Å²) >= 11 is 0. The topological polar surface area (TPSA) is 46.2 Å². The zero-order valence-corrected chi connectivity index (χ0v) is 16.9. The van der Waals surface area contributed by atoms with Crippen LogP contribution in [0.2, 0.25) is 0 Å². The van der Waals surface area contributed by atoms with Crippen LogP contribution < -0.4 is 5.32 Å². The van der Waals surface area contributed by atoms with E-state index in [4.69, 9.17) is 0 Å². The van der Waals surface area contributed by atoms with E-state index in [0.717, 1.165) is 16.8 Å². The second-order valence-corrected chi connectivity index (χ2v) is 7.05. The molecule has 0 amide bonds. The minimum absolute atomic E-state index is 0.228. The van der Waals surface area contributed by atoms with Gasteiger partial charge in [-0.15, -0.1) is 0 Å². The lowest BCUT2D eigenvalue weighted by Gasteiger charge is -2.11. The zero-order chi connectivity index (χ0) is 21.5. The fraction of sp³-hybridized carbons (Fsp3) is 0. The van der Waals surface area contributed by atoms with Gasteiger partial charge in [0.15, 0.2) is 5.78 Å². The van der Waals surface area contributed by atoms with Crippen LogP contribution in [-0.2, 0) is 0 Å². The normalized spacial score (nSPS) is 11.0. The van der Waals surface area contributed by atoms with Gasteiger partial charge in [0.2, 0.25) is 5.78 Å². The molecular formula is C28H21NO2. The maximum absolute atomic E-state index is 13.1. The van der Waals surface area contributed by atoms with Gasteiger partial charge in [-0.05, 0) is 23.3 Å². The average Bonchev–Trinajstić information content (AvgIpc) is 2.85. The lowest BCUT2D eigenvalue weighted by Crippen LogP contribution is -2.14. The van der Waals surface area contributed by atoms with Crippen molar-refractivity contribution >= 4 is 17.3 Å². The second kappa shape index (κ2) is 9.51. The Morgan fingerprint density at radius 2 is 1.03 bits per heavy atom. The number of hydrogen-bond acceptors (Lipinski definition) is 3. The predicted octanol–water partition coefficient (Wildman–Crippen LogP) is 6.42. The van der Waals surface area contributed by atoms with Gasteiger partial charge in [0, 0.05) is 22.9 Å². The summed E-state index contributed by atoms with van der Waals surface area (Å²) in [5.41, 5.74) is 4.20. The van der Waals surface area contributed by atoms with Crippen LogP contribution in [0.5, 0.6) is 0 Å². The molecule has 0 fully saturated rings. The number of hydrogen-bond donors (Lipinski definition) is 1. The molecule has 0 bridgehead atoms. The maximum atomic E-state index is 13.1. The molecule has 0 atom stereocenters. The van der Waals surface area contributed by atoms with Gasteiger partial charge in [0.1, 0.15) is 0 Å². The van der Waals surface area contributed by atoms with Crippen LogP contribution in [0.1, 0.15) is 20.7 Å². The fourth-order valence-electron chi connectivity index (χ4n) is 3.25. The predicted molar refractivity (Wildman–Crippen MR) is 125 cm³/mol. The van der Waals surface area contributed by atoms with E-state index < -0.39 is 0 Å². The molecule has 0 radical (unpaired) electrons. The van der Waals surface area contributed by atoms with Crippen molar-refractivity contribution < 1.29 is 9.59 Å². The van der Waals surface area contributed by atoms with Crippen LogP contribution in [0, 0.1) is 0 Å². The van der Waals surface area contributed by atoms with Crippen molar-refractivity contribution in [2.45, 2.75) is 0 Å². The Morgan fingerprint density at radius 1 is 0.548 bits per heavy atom. The van der Waals surface area contributed by atoms with Crippen LogP contribution in [0.3, 0.4) is 0 Å². The molecule has 4 aromatic rings. The molecule has 0 aliphatic heterocycles. The number of Topliss-reactive ketones (excluding diaryl/α,β-unsaturated/α-hetero) is 1. The number of nitrogens with one attached hydrogen (secondary N) is 1. The first-order valence-electron chi connectivity index (χ1n) is 10.0. The SMILES string of the molecule is O=C(C=C(Nc1ccc(-c2ccccc2)cc1)C(=O)c1ccccc1)c1ccccc1. The molecule has 31 heavy (non-hydrogen) atoms. The number of carbonyl (C=O) groups excluding carboxylic acids is 2. The molecule has 0 aliphatic carbocycles. The monoisotopic (exact) mass is 403 g/mol.